The van der Waals surface area contributed by atoms with Gasteiger partial charge in [0.1, 0.15) is 4.90 Å². The van der Waals surface area contributed by atoms with E-state index in [1.54, 1.807) is 27.1 Å². The summed E-state index contributed by atoms with van der Waals surface area (Å²) in [6, 6.07) is 0.146. The smallest absolute Gasteiger partial charge is 0.272 e. The predicted octanol–water partition coefficient (Wildman–Crippen LogP) is 1.92. The van der Waals surface area contributed by atoms with Crippen LogP contribution in [0, 0.1) is 0 Å². The minimum atomic E-state index is -3.55. The highest BCUT2D eigenvalue weighted by atomic mass is 32.2. The third kappa shape index (κ3) is 4.13. The van der Waals surface area contributed by atoms with E-state index >= 15 is 0 Å². The summed E-state index contributed by atoms with van der Waals surface area (Å²) in [5.41, 5.74) is -0.958. The molecule has 2 aromatic heterocycles. The molecule has 1 saturated carbocycles. The van der Waals surface area contributed by atoms with Gasteiger partial charge < -0.3 is 10.1 Å². The molecule has 1 aliphatic carbocycles. The second-order valence-electron chi connectivity index (χ2n) is 9.78. The van der Waals surface area contributed by atoms with Crippen molar-refractivity contribution < 1.29 is 17.9 Å². The number of amides is 1. The fourth-order valence-corrected chi connectivity index (χ4v) is 6.44. The van der Waals surface area contributed by atoms with E-state index in [-0.39, 0.29) is 22.9 Å². The summed E-state index contributed by atoms with van der Waals surface area (Å²) in [5.74, 6) is 1.38. The molecular formula is C22H31N7O4S. The third-order valence-electron chi connectivity index (χ3n) is 6.86. The van der Waals surface area contributed by atoms with E-state index in [4.69, 9.17) is 4.74 Å². The maximum atomic E-state index is 13.2. The maximum absolute atomic E-state index is 13.2. The van der Waals surface area contributed by atoms with Crippen molar-refractivity contribution in [2.24, 2.45) is 7.05 Å². The van der Waals surface area contributed by atoms with Crippen LogP contribution in [-0.4, -0.2) is 69.2 Å². The van der Waals surface area contributed by atoms with Gasteiger partial charge in [-0.1, -0.05) is 12.8 Å². The lowest BCUT2D eigenvalue weighted by molar-refractivity contribution is -0.133. The zero-order valence-corrected chi connectivity index (χ0v) is 20.6. The highest BCUT2D eigenvalue weighted by Gasteiger charge is 2.45. The fourth-order valence-electron chi connectivity index (χ4n) is 4.99. The van der Waals surface area contributed by atoms with Gasteiger partial charge in [0.2, 0.25) is 16.0 Å². The number of anilines is 2. The van der Waals surface area contributed by atoms with Gasteiger partial charge in [0.15, 0.2) is 17.2 Å². The minimum Gasteiger partial charge on any atom is -0.472 e. The van der Waals surface area contributed by atoms with Gasteiger partial charge in [0.05, 0.1) is 12.4 Å². The largest absolute Gasteiger partial charge is 0.472 e. The summed E-state index contributed by atoms with van der Waals surface area (Å²) in [7, 11) is -1.86. The number of carbonyl (C=O) groups excluding carboxylic acids is 1. The molecule has 0 spiro atoms. The average molecular weight is 490 g/mol. The van der Waals surface area contributed by atoms with Gasteiger partial charge in [-0.15, -0.1) is 0 Å². The van der Waals surface area contributed by atoms with Crippen LogP contribution in [0.15, 0.2) is 23.5 Å². The Kier molecular flexibility index (Phi) is 5.75. The first-order chi connectivity index (χ1) is 16.1. The Bertz CT molecular complexity index is 1180. The zero-order valence-electron chi connectivity index (χ0n) is 19.8. The second kappa shape index (κ2) is 8.49. The van der Waals surface area contributed by atoms with Crippen molar-refractivity contribution in [3.05, 3.63) is 18.6 Å². The number of hydrogen-bond acceptors (Lipinski definition) is 8. The molecule has 0 aromatic carbocycles. The minimum absolute atomic E-state index is 0.0231. The fraction of sp³-hybridized carbons (Fsp3) is 0.636. The molecule has 0 radical (unpaired) electrons. The van der Waals surface area contributed by atoms with Gasteiger partial charge in [-0.2, -0.15) is 14.4 Å². The van der Waals surface area contributed by atoms with Gasteiger partial charge in [0, 0.05) is 38.4 Å². The van der Waals surface area contributed by atoms with E-state index < -0.39 is 15.6 Å². The predicted molar refractivity (Wildman–Crippen MR) is 125 cm³/mol. The molecule has 184 valence electrons. The van der Waals surface area contributed by atoms with Gasteiger partial charge in [-0.05, 0) is 39.5 Å². The summed E-state index contributed by atoms with van der Waals surface area (Å²) in [6.45, 7) is 4.34. The molecule has 0 unspecified atom stereocenters. The number of nitrogens with one attached hydrogen (secondary N) is 1. The number of rotatable bonds is 5. The Hall–Kier alpha value is -2.73. The Morgan fingerprint density at radius 2 is 1.82 bits per heavy atom. The van der Waals surface area contributed by atoms with Gasteiger partial charge in [-0.25, -0.2) is 13.4 Å². The van der Waals surface area contributed by atoms with Gasteiger partial charge in [0.25, 0.3) is 5.91 Å². The first kappa shape index (κ1) is 23.0. The van der Waals surface area contributed by atoms with Crippen LogP contribution in [0.5, 0.6) is 5.75 Å². The van der Waals surface area contributed by atoms with Crippen LogP contribution in [0.25, 0.3) is 0 Å². The number of carbonyl (C=O) groups is 1. The van der Waals surface area contributed by atoms with E-state index in [1.165, 1.54) is 21.4 Å². The average Bonchev–Trinajstić information content (AvgIpc) is 3.48. The standard InChI is InChI=1S/C22H31N7O4S/c1-22(2)20(30)29(16-6-4-5-7-16)19-18(33-22)13-23-21(26-19)25-15-8-10-28(11-9-15)34(31,32)17-12-24-27(3)14-17/h12-16H,4-11H2,1-3H3,(H,23,25,26). The van der Waals surface area contributed by atoms with E-state index in [2.05, 4.69) is 20.4 Å². The second-order valence-corrected chi connectivity index (χ2v) is 11.7. The van der Waals surface area contributed by atoms with E-state index in [0.29, 0.717) is 43.4 Å². The van der Waals surface area contributed by atoms with E-state index in [9.17, 15) is 13.2 Å². The first-order valence-electron chi connectivity index (χ1n) is 11.8. The summed E-state index contributed by atoms with van der Waals surface area (Å²) < 4.78 is 34.6. The maximum Gasteiger partial charge on any atom is 0.272 e. The highest BCUT2D eigenvalue weighted by Crippen LogP contribution is 2.40. The Morgan fingerprint density at radius 3 is 2.47 bits per heavy atom. The van der Waals surface area contributed by atoms with Crippen molar-refractivity contribution in [1.29, 1.82) is 0 Å². The van der Waals surface area contributed by atoms with E-state index in [0.717, 1.165) is 25.7 Å². The van der Waals surface area contributed by atoms with Crippen LogP contribution in [0.2, 0.25) is 0 Å². The molecule has 11 nitrogen and oxygen atoms in total. The van der Waals surface area contributed by atoms with Crippen molar-refractivity contribution in [3.63, 3.8) is 0 Å². The summed E-state index contributed by atoms with van der Waals surface area (Å²) in [4.78, 5) is 24.3. The number of aryl methyl sites for hydroxylation is 1. The van der Waals surface area contributed by atoms with Crippen molar-refractivity contribution in [3.8, 4) is 5.75 Å². The quantitative estimate of drug-likeness (QED) is 0.676. The Balaban J connectivity index is 1.30. The zero-order chi connectivity index (χ0) is 24.1. The molecule has 1 saturated heterocycles. The van der Waals surface area contributed by atoms with Crippen molar-refractivity contribution >= 4 is 27.7 Å². The number of sulfonamides is 1. The van der Waals surface area contributed by atoms with Crippen molar-refractivity contribution in [1.82, 2.24) is 24.1 Å². The van der Waals surface area contributed by atoms with Crippen LogP contribution in [0.3, 0.4) is 0 Å². The summed E-state index contributed by atoms with van der Waals surface area (Å²) >= 11 is 0. The van der Waals surface area contributed by atoms with Gasteiger partial charge in [-0.3, -0.25) is 14.4 Å². The Labute approximate surface area is 199 Å². The molecule has 2 aliphatic heterocycles. The molecule has 1 N–H and O–H groups in total. The molecule has 34 heavy (non-hydrogen) atoms. The van der Waals surface area contributed by atoms with Crippen LogP contribution in [0.4, 0.5) is 11.8 Å². The van der Waals surface area contributed by atoms with Crippen LogP contribution < -0.4 is 15.0 Å². The third-order valence-corrected chi connectivity index (χ3v) is 8.71. The van der Waals surface area contributed by atoms with Gasteiger partial charge >= 0.3 is 0 Å². The van der Waals surface area contributed by atoms with Crippen molar-refractivity contribution in [2.45, 2.75) is 75.0 Å². The lowest BCUT2D eigenvalue weighted by atomic mass is 10.0. The molecule has 12 heteroatoms. The number of aromatic nitrogens is 4. The molecule has 1 amide bonds. The molecule has 0 bridgehead atoms. The molecule has 2 fully saturated rings. The summed E-state index contributed by atoms with van der Waals surface area (Å²) in [5, 5.41) is 7.32. The SMILES string of the molecule is Cn1cc(S(=O)(=O)N2CCC(Nc3ncc4c(n3)N(C3CCCC3)C(=O)C(C)(C)O4)CC2)cn1. The van der Waals surface area contributed by atoms with Crippen molar-refractivity contribution in [2.75, 3.05) is 23.3 Å². The van der Waals surface area contributed by atoms with Crippen LogP contribution in [0.1, 0.15) is 52.4 Å². The molecule has 3 aliphatic rings. The lowest BCUT2D eigenvalue weighted by Gasteiger charge is -2.40. The number of fused-ring (bicyclic) bond motifs is 1. The Morgan fingerprint density at radius 1 is 1.12 bits per heavy atom. The number of hydrogen-bond donors (Lipinski definition) is 1. The van der Waals surface area contributed by atoms with Crippen LogP contribution >= 0.6 is 0 Å². The van der Waals surface area contributed by atoms with Crippen LogP contribution in [-0.2, 0) is 21.9 Å². The topological polar surface area (TPSA) is 123 Å². The first-order valence-corrected chi connectivity index (χ1v) is 13.2. The molecule has 0 atom stereocenters. The number of ether oxygens (including phenoxy) is 1. The molecule has 2 aromatic rings. The number of piperidine rings is 1. The monoisotopic (exact) mass is 489 g/mol. The normalized spacial score (nSPS) is 22.0. The van der Waals surface area contributed by atoms with E-state index in [1.807, 2.05) is 4.90 Å². The molecule has 4 heterocycles. The number of nitrogens with zero attached hydrogens (tertiary/aromatic N) is 6. The molecular weight excluding hydrogens is 458 g/mol. The summed E-state index contributed by atoms with van der Waals surface area (Å²) in [6.07, 6.45) is 9.87. The highest BCUT2D eigenvalue weighted by molar-refractivity contribution is 7.89. The lowest BCUT2D eigenvalue weighted by Crippen LogP contribution is -2.56. The molecule has 5 rings (SSSR count).